The maximum Gasteiger partial charge on any atom is 0.330 e. The number of nitrogens with one attached hydrogen (secondary N) is 2. The number of hydrogen-bond acceptors (Lipinski definition) is 3. The Labute approximate surface area is 139 Å². The molecule has 0 radical (unpaired) electrons. The molecule has 3 rings (SSSR count). The number of H-pyrrole nitrogens is 1. The summed E-state index contributed by atoms with van der Waals surface area (Å²) in [6.45, 7) is 3.79. The van der Waals surface area contributed by atoms with Gasteiger partial charge in [0.05, 0.1) is 5.56 Å². The van der Waals surface area contributed by atoms with E-state index in [0.717, 1.165) is 6.42 Å². The highest BCUT2D eigenvalue weighted by atomic mass is 19.3. The number of alkyl halides is 2. The highest BCUT2D eigenvalue weighted by Crippen LogP contribution is 2.39. The molecule has 1 aromatic rings. The van der Waals surface area contributed by atoms with Gasteiger partial charge in [-0.3, -0.25) is 14.3 Å². The Kier molecular flexibility index (Phi) is 4.53. The molecule has 1 fully saturated rings. The van der Waals surface area contributed by atoms with Crippen LogP contribution in [0.2, 0.25) is 0 Å². The Morgan fingerprint density at radius 2 is 1.92 bits per heavy atom. The molecule has 0 spiro atoms. The number of nitrogens with zero attached hydrogens (tertiary/aromatic N) is 1. The Morgan fingerprint density at radius 3 is 2.54 bits per heavy atom. The summed E-state index contributed by atoms with van der Waals surface area (Å²) in [6.07, 6.45) is 2.83. The number of aromatic amines is 1. The number of hydrogen-bond donors (Lipinski definition) is 2. The zero-order valence-corrected chi connectivity index (χ0v) is 14.2. The van der Waals surface area contributed by atoms with Crippen LogP contribution in [0.4, 0.5) is 14.6 Å². The van der Waals surface area contributed by atoms with Crippen LogP contribution in [0.1, 0.15) is 64.0 Å². The van der Waals surface area contributed by atoms with Crippen LogP contribution in [0, 0.1) is 5.92 Å². The number of fused-ring (bicyclic) bond motifs is 1. The molecule has 7 heteroatoms. The van der Waals surface area contributed by atoms with Crippen LogP contribution in [0.5, 0.6) is 0 Å². The first-order valence-electron chi connectivity index (χ1n) is 8.84. The van der Waals surface area contributed by atoms with E-state index in [1.54, 1.807) is 0 Å². The minimum absolute atomic E-state index is 0.0445. The Bertz CT molecular complexity index is 716. The molecule has 1 aromatic heterocycles. The van der Waals surface area contributed by atoms with Crippen LogP contribution in [-0.4, -0.2) is 21.5 Å². The Balaban J connectivity index is 1.82. The second kappa shape index (κ2) is 6.33. The van der Waals surface area contributed by atoms with Gasteiger partial charge >= 0.3 is 5.69 Å². The van der Waals surface area contributed by atoms with Crippen molar-refractivity contribution in [2.24, 2.45) is 5.92 Å². The third-order valence-electron chi connectivity index (χ3n) is 5.63. The predicted molar refractivity (Wildman–Crippen MR) is 89.0 cm³/mol. The van der Waals surface area contributed by atoms with Crippen molar-refractivity contribution in [2.45, 2.75) is 76.8 Å². The minimum atomic E-state index is -2.54. The summed E-state index contributed by atoms with van der Waals surface area (Å²) in [4.78, 5) is 27.6. The fourth-order valence-electron chi connectivity index (χ4n) is 3.90. The maximum atomic E-state index is 13.3. The van der Waals surface area contributed by atoms with Gasteiger partial charge in [0.2, 0.25) is 5.92 Å². The molecule has 0 amide bonds. The van der Waals surface area contributed by atoms with Crippen molar-refractivity contribution >= 4 is 5.82 Å². The average molecular weight is 341 g/mol. The minimum Gasteiger partial charge on any atom is -0.368 e. The molecule has 1 aliphatic carbocycles. The van der Waals surface area contributed by atoms with E-state index >= 15 is 0 Å². The van der Waals surface area contributed by atoms with Crippen molar-refractivity contribution in [3.8, 4) is 0 Å². The van der Waals surface area contributed by atoms with E-state index in [1.807, 2.05) is 13.8 Å². The second-order valence-corrected chi connectivity index (χ2v) is 7.20. The summed E-state index contributed by atoms with van der Waals surface area (Å²) in [6, 6.07) is -0.104. The zero-order chi connectivity index (χ0) is 17.5. The van der Waals surface area contributed by atoms with Gasteiger partial charge in [-0.2, -0.15) is 0 Å². The third kappa shape index (κ3) is 3.13. The first-order chi connectivity index (χ1) is 11.3. The van der Waals surface area contributed by atoms with E-state index in [1.165, 1.54) is 4.57 Å². The fourth-order valence-corrected chi connectivity index (χ4v) is 3.90. The monoisotopic (exact) mass is 341 g/mol. The summed E-state index contributed by atoms with van der Waals surface area (Å²) in [7, 11) is 0. The Hall–Kier alpha value is -1.66. The lowest BCUT2D eigenvalue weighted by Gasteiger charge is -2.37. The third-order valence-corrected chi connectivity index (χ3v) is 5.63. The van der Waals surface area contributed by atoms with Crippen LogP contribution in [0.25, 0.3) is 0 Å². The van der Waals surface area contributed by atoms with Crippen LogP contribution >= 0.6 is 0 Å². The smallest absolute Gasteiger partial charge is 0.330 e. The van der Waals surface area contributed by atoms with E-state index in [2.05, 4.69) is 10.3 Å². The summed E-state index contributed by atoms with van der Waals surface area (Å²) >= 11 is 0. The first kappa shape index (κ1) is 17.2. The Morgan fingerprint density at radius 1 is 1.25 bits per heavy atom. The molecular formula is C17H25F2N3O2. The molecular weight excluding hydrogens is 316 g/mol. The number of anilines is 1. The molecule has 2 N–H and O–H groups in total. The summed E-state index contributed by atoms with van der Waals surface area (Å²) in [5.41, 5.74) is -0.0343. The van der Waals surface area contributed by atoms with E-state index in [0.29, 0.717) is 37.1 Å². The molecule has 2 heterocycles. The van der Waals surface area contributed by atoms with Gasteiger partial charge in [0, 0.05) is 24.9 Å². The van der Waals surface area contributed by atoms with Crippen LogP contribution in [0.15, 0.2) is 9.59 Å². The van der Waals surface area contributed by atoms with E-state index in [-0.39, 0.29) is 36.4 Å². The maximum absolute atomic E-state index is 13.3. The van der Waals surface area contributed by atoms with Gasteiger partial charge in [-0.15, -0.1) is 0 Å². The molecule has 0 saturated heterocycles. The van der Waals surface area contributed by atoms with E-state index < -0.39 is 11.6 Å². The molecule has 0 aromatic carbocycles. The van der Waals surface area contributed by atoms with Gasteiger partial charge in [0.25, 0.3) is 5.56 Å². The quantitative estimate of drug-likeness (QED) is 0.888. The molecule has 5 nitrogen and oxygen atoms in total. The fraction of sp³-hybridized carbons (Fsp3) is 0.765. The highest BCUT2D eigenvalue weighted by molar-refractivity contribution is 5.46. The van der Waals surface area contributed by atoms with Crippen molar-refractivity contribution in [2.75, 3.05) is 5.32 Å². The molecule has 2 aliphatic rings. The van der Waals surface area contributed by atoms with Gasteiger partial charge in [0.15, 0.2) is 0 Å². The predicted octanol–water partition coefficient (Wildman–Crippen LogP) is 3.06. The topological polar surface area (TPSA) is 66.9 Å². The summed E-state index contributed by atoms with van der Waals surface area (Å²) in [5, 5.41) is 3.25. The molecule has 134 valence electrons. The van der Waals surface area contributed by atoms with Crippen LogP contribution in [-0.2, 0) is 6.42 Å². The highest BCUT2D eigenvalue weighted by Gasteiger charge is 2.38. The largest absolute Gasteiger partial charge is 0.368 e. The number of rotatable bonds is 3. The molecule has 24 heavy (non-hydrogen) atoms. The number of aromatic nitrogens is 2. The standard InChI is InChI=1S/C17H25F2N3O2/c1-3-10(2)22-15(23)12-4-5-13(20-14(12)21-16(22)24)11-6-8-17(18,19)9-7-11/h10-11,13,20H,3-9H2,1-2H3,(H,21,24)/t10-,13-/m1/s1. The van der Waals surface area contributed by atoms with Crippen LogP contribution < -0.4 is 16.6 Å². The summed E-state index contributed by atoms with van der Waals surface area (Å²) < 4.78 is 27.9. The summed E-state index contributed by atoms with van der Waals surface area (Å²) in [5.74, 6) is -1.89. The molecule has 0 unspecified atom stereocenters. The second-order valence-electron chi connectivity index (χ2n) is 7.20. The number of halogens is 2. The van der Waals surface area contributed by atoms with Gasteiger partial charge in [-0.1, -0.05) is 6.92 Å². The van der Waals surface area contributed by atoms with Gasteiger partial charge < -0.3 is 5.32 Å². The zero-order valence-electron chi connectivity index (χ0n) is 14.2. The van der Waals surface area contributed by atoms with E-state index in [4.69, 9.17) is 0 Å². The van der Waals surface area contributed by atoms with Crippen LogP contribution in [0.3, 0.4) is 0 Å². The van der Waals surface area contributed by atoms with Gasteiger partial charge in [0.1, 0.15) is 5.82 Å². The lowest BCUT2D eigenvalue weighted by Crippen LogP contribution is -2.44. The van der Waals surface area contributed by atoms with Crippen molar-refractivity contribution in [1.29, 1.82) is 0 Å². The average Bonchev–Trinajstić information content (AvgIpc) is 2.54. The van der Waals surface area contributed by atoms with E-state index in [9.17, 15) is 18.4 Å². The van der Waals surface area contributed by atoms with Crippen molar-refractivity contribution in [3.05, 3.63) is 26.4 Å². The normalized spacial score (nSPS) is 24.9. The lowest BCUT2D eigenvalue weighted by molar-refractivity contribution is -0.0478. The van der Waals surface area contributed by atoms with Crippen molar-refractivity contribution in [3.63, 3.8) is 0 Å². The van der Waals surface area contributed by atoms with Gasteiger partial charge in [-0.25, -0.2) is 13.6 Å². The van der Waals surface area contributed by atoms with Crippen molar-refractivity contribution < 1.29 is 8.78 Å². The van der Waals surface area contributed by atoms with Gasteiger partial charge in [-0.05, 0) is 44.9 Å². The van der Waals surface area contributed by atoms with Crippen molar-refractivity contribution in [1.82, 2.24) is 9.55 Å². The SMILES string of the molecule is CC[C@@H](C)n1c(=O)[nH]c2c(c1=O)CC[C@H](C1CCC(F)(F)CC1)N2. The first-order valence-corrected chi connectivity index (χ1v) is 8.84. The molecule has 1 saturated carbocycles. The molecule has 1 aliphatic heterocycles. The molecule has 2 atom stereocenters. The molecule has 0 bridgehead atoms. The lowest BCUT2D eigenvalue weighted by atomic mass is 9.79.